The van der Waals surface area contributed by atoms with Crippen LogP contribution in [0.15, 0.2) is 0 Å². The minimum atomic E-state index is -0.0244. The average Bonchev–Trinajstić information content (AvgIpc) is 2.25. The van der Waals surface area contributed by atoms with E-state index in [1.807, 2.05) is 6.92 Å². The highest BCUT2D eigenvalue weighted by Gasteiger charge is 2.30. The van der Waals surface area contributed by atoms with Crippen LogP contribution in [0.3, 0.4) is 0 Å². The van der Waals surface area contributed by atoms with Crippen molar-refractivity contribution in [3.05, 3.63) is 0 Å². The molecule has 1 aliphatic heterocycles. The van der Waals surface area contributed by atoms with Crippen LogP contribution in [0.4, 0.5) is 0 Å². The van der Waals surface area contributed by atoms with Crippen LogP contribution >= 0.6 is 0 Å². The van der Waals surface area contributed by atoms with E-state index in [0.717, 1.165) is 39.3 Å². The summed E-state index contributed by atoms with van der Waals surface area (Å²) in [5.74, 6) is 0. The van der Waals surface area contributed by atoms with Crippen molar-refractivity contribution < 1.29 is 4.74 Å². The first-order valence-electron chi connectivity index (χ1n) is 6.06. The van der Waals surface area contributed by atoms with Crippen molar-refractivity contribution in [2.75, 3.05) is 32.8 Å². The normalized spacial score (nSPS) is 22.6. The van der Waals surface area contributed by atoms with Crippen LogP contribution in [0.2, 0.25) is 0 Å². The fourth-order valence-corrected chi connectivity index (χ4v) is 2.05. The summed E-state index contributed by atoms with van der Waals surface area (Å²) in [7, 11) is 0. The van der Waals surface area contributed by atoms with Gasteiger partial charge in [0.05, 0.1) is 25.3 Å². The van der Waals surface area contributed by atoms with Gasteiger partial charge in [-0.25, -0.2) is 0 Å². The lowest BCUT2D eigenvalue weighted by Crippen LogP contribution is -2.53. The monoisotopic (exact) mass is 225 g/mol. The molecule has 1 unspecified atom stereocenters. The second-order valence-electron chi connectivity index (χ2n) is 4.88. The predicted octanol–water partition coefficient (Wildman–Crippen LogP) is 0.989. The van der Waals surface area contributed by atoms with Crippen LogP contribution in [0.5, 0.6) is 0 Å². The van der Waals surface area contributed by atoms with Gasteiger partial charge in [0.25, 0.3) is 0 Å². The molecule has 1 fully saturated rings. The van der Waals surface area contributed by atoms with Gasteiger partial charge in [0.15, 0.2) is 0 Å². The Morgan fingerprint density at radius 2 is 2.31 bits per heavy atom. The molecule has 0 amide bonds. The predicted molar refractivity (Wildman–Crippen MR) is 64.2 cm³/mol. The zero-order valence-corrected chi connectivity index (χ0v) is 10.6. The summed E-state index contributed by atoms with van der Waals surface area (Å²) in [4.78, 5) is 2.41. The summed E-state index contributed by atoms with van der Waals surface area (Å²) < 4.78 is 5.47. The highest BCUT2D eigenvalue weighted by Crippen LogP contribution is 2.19. The zero-order chi connectivity index (χ0) is 12.0. The van der Waals surface area contributed by atoms with E-state index < -0.39 is 0 Å². The van der Waals surface area contributed by atoms with Gasteiger partial charge in [0.2, 0.25) is 0 Å². The van der Waals surface area contributed by atoms with Crippen LogP contribution < -0.4 is 5.32 Å². The minimum absolute atomic E-state index is 0.0244. The first-order chi connectivity index (χ1) is 7.60. The van der Waals surface area contributed by atoms with Crippen molar-refractivity contribution in [3.63, 3.8) is 0 Å². The van der Waals surface area contributed by atoms with Gasteiger partial charge in [0, 0.05) is 18.6 Å². The Morgan fingerprint density at radius 3 is 2.88 bits per heavy atom. The van der Waals surface area contributed by atoms with Gasteiger partial charge in [-0.2, -0.15) is 5.26 Å². The summed E-state index contributed by atoms with van der Waals surface area (Å²) in [6, 6.07) is 2.28. The molecule has 16 heavy (non-hydrogen) atoms. The Morgan fingerprint density at radius 1 is 1.56 bits per heavy atom. The molecule has 4 heteroatoms. The van der Waals surface area contributed by atoms with Crippen LogP contribution in [-0.2, 0) is 4.74 Å². The zero-order valence-electron chi connectivity index (χ0n) is 10.6. The Kier molecular flexibility index (Phi) is 5.20. The van der Waals surface area contributed by atoms with Crippen LogP contribution in [0, 0.1) is 11.3 Å². The molecule has 0 spiro atoms. The maximum Gasteiger partial charge on any atom is 0.0965 e. The smallest absolute Gasteiger partial charge is 0.0965 e. The molecule has 0 radical (unpaired) electrons. The third-order valence-corrected chi connectivity index (χ3v) is 3.11. The maximum absolute atomic E-state index is 8.96. The Labute approximate surface area is 98.6 Å². The fraction of sp³-hybridized carbons (Fsp3) is 0.917. The number of nitrogens with one attached hydrogen (secondary N) is 1. The largest absolute Gasteiger partial charge is 0.378 e. The van der Waals surface area contributed by atoms with Gasteiger partial charge in [-0.05, 0) is 26.8 Å². The summed E-state index contributed by atoms with van der Waals surface area (Å²) in [6.07, 6.45) is 0.883. The molecule has 0 aromatic rings. The van der Waals surface area contributed by atoms with E-state index >= 15 is 0 Å². The molecule has 1 atom stereocenters. The molecule has 1 heterocycles. The Balaban J connectivity index is 2.38. The molecule has 92 valence electrons. The second kappa shape index (κ2) is 6.19. The van der Waals surface area contributed by atoms with Gasteiger partial charge < -0.3 is 10.1 Å². The highest BCUT2D eigenvalue weighted by molar-refractivity contribution is 4.92. The molecular formula is C12H23N3O. The number of nitrogens with zero attached hydrogens (tertiary/aromatic N) is 2. The first-order valence-corrected chi connectivity index (χ1v) is 6.06. The number of ether oxygens (including phenoxy) is 1. The third kappa shape index (κ3) is 3.75. The molecule has 1 aliphatic rings. The van der Waals surface area contributed by atoms with Crippen LogP contribution in [0.1, 0.15) is 27.2 Å². The SMILES string of the molecule is CCNC(C#N)CCN1CCOCC1(C)C. The third-order valence-electron chi connectivity index (χ3n) is 3.11. The average molecular weight is 225 g/mol. The molecule has 0 aliphatic carbocycles. The van der Waals surface area contributed by atoms with Gasteiger partial charge in [-0.1, -0.05) is 6.92 Å². The van der Waals surface area contributed by atoms with Gasteiger partial charge >= 0.3 is 0 Å². The lowest BCUT2D eigenvalue weighted by atomic mass is 10.0. The van der Waals surface area contributed by atoms with Crippen molar-refractivity contribution in [3.8, 4) is 6.07 Å². The van der Waals surface area contributed by atoms with Crippen molar-refractivity contribution in [2.45, 2.75) is 38.8 Å². The number of rotatable bonds is 5. The number of morpholine rings is 1. The molecule has 1 rings (SSSR count). The maximum atomic E-state index is 8.96. The summed E-state index contributed by atoms with van der Waals surface area (Å²) in [6.45, 7) is 10.8. The number of nitriles is 1. The Bertz CT molecular complexity index is 247. The van der Waals surface area contributed by atoms with Gasteiger partial charge in [0.1, 0.15) is 0 Å². The summed E-state index contributed by atoms with van der Waals surface area (Å²) in [5.41, 5.74) is 0.102. The molecular weight excluding hydrogens is 202 g/mol. The fourth-order valence-electron chi connectivity index (χ4n) is 2.05. The molecule has 0 saturated carbocycles. The molecule has 1 saturated heterocycles. The molecule has 0 aromatic heterocycles. The standard InChI is InChI=1S/C12H23N3O/c1-4-14-11(9-13)5-6-15-7-8-16-10-12(15,2)3/h11,14H,4-8,10H2,1-3H3. The Hall–Kier alpha value is -0.630. The topological polar surface area (TPSA) is 48.3 Å². The van der Waals surface area contributed by atoms with E-state index in [2.05, 4.69) is 30.1 Å². The van der Waals surface area contributed by atoms with Crippen LogP contribution in [0.25, 0.3) is 0 Å². The molecule has 0 aromatic carbocycles. The lowest BCUT2D eigenvalue weighted by Gasteiger charge is -2.42. The van der Waals surface area contributed by atoms with E-state index in [9.17, 15) is 0 Å². The van der Waals surface area contributed by atoms with E-state index in [1.54, 1.807) is 0 Å². The van der Waals surface area contributed by atoms with E-state index in [0.29, 0.717) is 0 Å². The molecule has 4 nitrogen and oxygen atoms in total. The van der Waals surface area contributed by atoms with Crippen molar-refractivity contribution >= 4 is 0 Å². The number of hydrogen-bond donors (Lipinski definition) is 1. The minimum Gasteiger partial charge on any atom is -0.378 e. The van der Waals surface area contributed by atoms with Gasteiger partial charge in [-0.3, -0.25) is 4.90 Å². The van der Waals surface area contributed by atoms with E-state index in [4.69, 9.17) is 10.00 Å². The first kappa shape index (κ1) is 13.4. The van der Waals surface area contributed by atoms with Crippen molar-refractivity contribution in [2.24, 2.45) is 0 Å². The highest BCUT2D eigenvalue weighted by atomic mass is 16.5. The van der Waals surface area contributed by atoms with E-state index in [1.165, 1.54) is 0 Å². The van der Waals surface area contributed by atoms with Crippen molar-refractivity contribution in [1.82, 2.24) is 10.2 Å². The lowest BCUT2D eigenvalue weighted by molar-refractivity contribution is -0.0515. The van der Waals surface area contributed by atoms with Crippen LogP contribution in [-0.4, -0.2) is 49.3 Å². The van der Waals surface area contributed by atoms with Crippen molar-refractivity contribution in [1.29, 1.82) is 5.26 Å². The molecule has 1 N–H and O–H groups in total. The summed E-state index contributed by atoms with van der Waals surface area (Å²) >= 11 is 0. The molecule has 0 bridgehead atoms. The number of hydrogen-bond acceptors (Lipinski definition) is 4. The van der Waals surface area contributed by atoms with E-state index in [-0.39, 0.29) is 11.6 Å². The second-order valence-corrected chi connectivity index (χ2v) is 4.88. The summed E-state index contributed by atoms with van der Waals surface area (Å²) in [5, 5.41) is 12.1. The quantitative estimate of drug-likeness (QED) is 0.758. The van der Waals surface area contributed by atoms with Gasteiger partial charge in [-0.15, -0.1) is 0 Å².